The van der Waals surface area contributed by atoms with Crippen LogP contribution in [0.15, 0.2) is 23.1 Å². The maximum Gasteiger partial charge on any atom is 0.272 e. The van der Waals surface area contributed by atoms with Crippen molar-refractivity contribution in [2.75, 3.05) is 0 Å². The highest BCUT2D eigenvalue weighted by atomic mass is 32.2. The third-order valence-corrected chi connectivity index (χ3v) is 14.3. The summed E-state index contributed by atoms with van der Waals surface area (Å²) in [5.41, 5.74) is 6.22. The Morgan fingerprint density at radius 2 is 1.50 bits per heavy atom. The molecule has 2 rings (SSSR count). The lowest BCUT2D eigenvalue weighted by molar-refractivity contribution is 0.329. The molecule has 0 amide bonds. The van der Waals surface area contributed by atoms with Crippen molar-refractivity contribution >= 4 is 18.1 Å². The molecule has 26 heavy (non-hydrogen) atoms. The highest BCUT2D eigenvalue weighted by Crippen LogP contribution is 2.45. The van der Waals surface area contributed by atoms with Gasteiger partial charge in [-0.3, -0.25) is 0 Å². The molecule has 5 heteroatoms. The minimum absolute atomic E-state index is 0.397. The number of hydrogen-bond acceptors (Lipinski definition) is 2. The summed E-state index contributed by atoms with van der Waals surface area (Å²) in [6, 6.07) is 8.73. The number of fused-ring (bicyclic) bond motifs is 1. The molecule has 0 aliphatic carbocycles. The SMILES string of the molecule is Cc1ccc2c(c1)C(C)(C)N(C#C[Si](C(C)C)(C(C)C)C(C)C)S2(=O)=O. The van der Waals surface area contributed by atoms with Crippen LogP contribution in [0.5, 0.6) is 0 Å². The number of rotatable bonds is 3. The van der Waals surface area contributed by atoms with Gasteiger partial charge >= 0.3 is 0 Å². The average molecular weight is 392 g/mol. The molecule has 0 bridgehead atoms. The van der Waals surface area contributed by atoms with Gasteiger partial charge in [-0.15, -0.1) is 5.54 Å². The minimum atomic E-state index is -3.59. The number of benzene rings is 1. The third kappa shape index (κ3) is 3.01. The first-order chi connectivity index (χ1) is 11.8. The van der Waals surface area contributed by atoms with E-state index in [0.29, 0.717) is 21.5 Å². The summed E-state index contributed by atoms with van der Waals surface area (Å²) in [5, 5.41) is 0. The van der Waals surface area contributed by atoms with Crippen LogP contribution in [0, 0.1) is 18.5 Å². The van der Waals surface area contributed by atoms with Gasteiger partial charge in [-0.1, -0.05) is 59.2 Å². The highest BCUT2D eigenvalue weighted by Gasteiger charge is 2.48. The minimum Gasteiger partial charge on any atom is -0.215 e. The first-order valence-corrected chi connectivity index (χ1v) is 13.2. The summed E-state index contributed by atoms with van der Waals surface area (Å²) in [6.07, 6.45) is 0. The Labute approximate surface area is 161 Å². The largest absolute Gasteiger partial charge is 0.272 e. The smallest absolute Gasteiger partial charge is 0.215 e. The highest BCUT2D eigenvalue weighted by molar-refractivity contribution is 7.89. The molecule has 144 valence electrons. The molecular weight excluding hydrogens is 358 g/mol. The normalized spacial score (nSPS) is 18.2. The fourth-order valence-electron chi connectivity index (χ4n) is 4.64. The van der Waals surface area contributed by atoms with E-state index >= 15 is 0 Å². The molecule has 1 aromatic carbocycles. The van der Waals surface area contributed by atoms with Crippen molar-refractivity contribution in [2.24, 2.45) is 0 Å². The van der Waals surface area contributed by atoms with Crippen LogP contribution in [0.2, 0.25) is 16.6 Å². The molecule has 0 saturated heterocycles. The van der Waals surface area contributed by atoms with Gasteiger partial charge in [0.25, 0.3) is 10.0 Å². The van der Waals surface area contributed by atoms with E-state index < -0.39 is 23.6 Å². The molecule has 0 saturated carbocycles. The average Bonchev–Trinajstić information content (AvgIpc) is 2.63. The summed E-state index contributed by atoms with van der Waals surface area (Å²) in [7, 11) is -5.59. The zero-order valence-corrected chi connectivity index (χ0v) is 19.5. The fraction of sp³-hybridized carbons (Fsp3) is 0.619. The molecule has 0 atom stereocenters. The Balaban J connectivity index is 2.67. The summed E-state index contributed by atoms with van der Waals surface area (Å²) < 4.78 is 27.8. The molecule has 3 nitrogen and oxygen atoms in total. The first kappa shape index (κ1) is 21.1. The van der Waals surface area contributed by atoms with Crippen LogP contribution < -0.4 is 0 Å². The lowest BCUT2D eigenvalue weighted by atomic mass is 9.93. The molecule has 0 fully saturated rings. The van der Waals surface area contributed by atoms with Gasteiger partial charge in [-0.05, 0) is 49.0 Å². The predicted molar refractivity (Wildman–Crippen MR) is 112 cm³/mol. The Morgan fingerprint density at radius 1 is 1.00 bits per heavy atom. The van der Waals surface area contributed by atoms with E-state index in [4.69, 9.17) is 0 Å². The second kappa shape index (κ2) is 6.72. The quantitative estimate of drug-likeness (QED) is 0.510. The van der Waals surface area contributed by atoms with Gasteiger partial charge in [0.15, 0.2) is 0 Å². The van der Waals surface area contributed by atoms with Crippen LogP contribution in [0.25, 0.3) is 0 Å². The molecule has 1 heterocycles. The standard InChI is InChI=1S/C21H33NO2SSi/c1-15(2)26(16(3)4,17(5)6)13-12-22-21(8,9)19-14-18(7)10-11-20(19)25(22,23)24/h10-11,14-17H,1-9H3. The molecule has 1 aliphatic rings. The van der Waals surface area contributed by atoms with E-state index in [9.17, 15) is 8.42 Å². The van der Waals surface area contributed by atoms with Crippen LogP contribution in [0.4, 0.5) is 0 Å². The molecule has 0 aromatic heterocycles. The molecule has 1 aliphatic heterocycles. The van der Waals surface area contributed by atoms with Crippen LogP contribution >= 0.6 is 0 Å². The fourth-order valence-corrected chi connectivity index (χ4v) is 11.8. The number of aryl methyl sites for hydroxylation is 1. The van der Waals surface area contributed by atoms with E-state index in [-0.39, 0.29) is 0 Å². The van der Waals surface area contributed by atoms with Crippen molar-refractivity contribution in [3.8, 4) is 11.6 Å². The van der Waals surface area contributed by atoms with E-state index in [1.165, 1.54) is 4.31 Å². The number of nitrogens with zero attached hydrogens (tertiary/aromatic N) is 1. The van der Waals surface area contributed by atoms with E-state index in [1.54, 1.807) is 6.07 Å². The third-order valence-electron chi connectivity index (χ3n) is 6.06. The molecule has 1 aromatic rings. The molecule has 0 radical (unpaired) electrons. The lowest BCUT2D eigenvalue weighted by Gasteiger charge is -2.38. The summed E-state index contributed by atoms with van der Waals surface area (Å²) >= 11 is 0. The molecule has 0 spiro atoms. The van der Waals surface area contributed by atoms with Gasteiger partial charge in [0.05, 0.1) is 10.4 Å². The summed E-state index contributed by atoms with van der Waals surface area (Å²) in [6.45, 7) is 19.3. The Morgan fingerprint density at radius 3 is 1.96 bits per heavy atom. The van der Waals surface area contributed by atoms with Crippen molar-refractivity contribution < 1.29 is 8.42 Å². The van der Waals surface area contributed by atoms with Crippen molar-refractivity contribution in [1.29, 1.82) is 0 Å². The maximum absolute atomic E-state index is 13.2. The van der Waals surface area contributed by atoms with Gasteiger partial charge in [0, 0.05) is 6.04 Å². The molecular formula is C21H33NO2SSi. The van der Waals surface area contributed by atoms with Gasteiger partial charge in [0.1, 0.15) is 8.07 Å². The predicted octanol–water partition coefficient (Wildman–Crippen LogP) is 5.41. The van der Waals surface area contributed by atoms with Crippen LogP contribution in [-0.4, -0.2) is 20.8 Å². The van der Waals surface area contributed by atoms with E-state index in [2.05, 4.69) is 53.1 Å². The first-order valence-electron chi connectivity index (χ1n) is 9.49. The van der Waals surface area contributed by atoms with E-state index in [0.717, 1.165) is 11.1 Å². The second-order valence-corrected chi connectivity index (χ2v) is 16.3. The lowest BCUT2D eigenvalue weighted by Crippen LogP contribution is -2.44. The Bertz CT molecular complexity index is 836. The number of sulfonamides is 1. The van der Waals surface area contributed by atoms with Gasteiger partial charge in [-0.2, -0.15) is 0 Å². The Kier molecular flexibility index (Phi) is 5.44. The molecule has 0 unspecified atom stereocenters. The Hall–Kier alpha value is -1.25. The zero-order chi connectivity index (χ0) is 20.1. The van der Waals surface area contributed by atoms with Crippen molar-refractivity contribution in [3.05, 3.63) is 29.3 Å². The van der Waals surface area contributed by atoms with Crippen molar-refractivity contribution in [2.45, 2.75) is 89.4 Å². The van der Waals surface area contributed by atoms with Crippen LogP contribution in [0.3, 0.4) is 0 Å². The maximum atomic E-state index is 13.2. The summed E-state index contributed by atoms with van der Waals surface area (Å²) in [4.78, 5) is 0.397. The zero-order valence-electron chi connectivity index (χ0n) is 17.6. The number of hydrogen-bond donors (Lipinski definition) is 0. The molecule has 0 N–H and O–H groups in total. The van der Waals surface area contributed by atoms with Crippen LogP contribution in [-0.2, 0) is 15.6 Å². The van der Waals surface area contributed by atoms with Crippen molar-refractivity contribution in [3.63, 3.8) is 0 Å². The monoisotopic (exact) mass is 391 g/mol. The summed E-state index contributed by atoms with van der Waals surface area (Å²) in [5.74, 6) is 0. The van der Waals surface area contributed by atoms with Crippen molar-refractivity contribution in [1.82, 2.24) is 4.31 Å². The van der Waals surface area contributed by atoms with Gasteiger partial charge in [-0.25, -0.2) is 12.7 Å². The van der Waals surface area contributed by atoms with Gasteiger partial charge in [0.2, 0.25) is 0 Å². The second-order valence-electron chi connectivity index (χ2n) is 8.96. The van der Waals surface area contributed by atoms with E-state index in [1.807, 2.05) is 32.9 Å². The topological polar surface area (TPSA) is 37.4 Å². The van der Waals surface area contributed by atoms with Crippen LogP contribution in [0.1, 0.15) is 66.5 Å². The van der Waals surface area contributed by atoms with Gasteiger partial charge < -0.3 is 0 Å².